The lowest BCUT2D eigenvalue weighted by Gasteiger charge is -2.12. The molecule has 0 saturated carbocycles. The molecule has 0 saturated heterocycles. The third kappa shape index (κ3) is 4.01. The molecule has 1 aliphatic heterocycles. The predicted molar refractivity (Wildman–Crippen MR) is 109 cm³/mol. The van der Waals surface area contributed by atoms with Crippen LogP contribution in [-0.4, -0.2) is 37.9 Å². The number of carbonyl (C=O) groups excluding carboxylic acids is 2. The van der Waals surface area contributed by atoms with E-state index in [1.807, 2.05) is 33.2 Å². The molecule has 0 aliphatic carbocycles. The highest BCUT2D eigenvalue weighted by molar-refractivity contribution is 6.32. The second-order valence-electron chi connectivity index (χ2n) is 6.85. The maximum Gasteiger partial charge on any atom is 0.258 e. The lowest BCUT2D eigenvalue weighted by molar-refractivity contribution is -0.110. The van der Waals surface area contributed by atoms with Gasteiger partial charge in [-0.3, -0.25) is 9.59 Å². The van der Waals surface area contributed by atoms with Crippen LogP contribution in [0.5, 0.6) is 0 Å². The average Bonchev–Trinajstić information content (AvgIpc) is 2.97. The molecular formula is C21H24N4O2. The van der Waals surface area contributed by atoms with Crippen LogP contribution in [0.1, 0.15) is 28.4 Å². The van der Waals surface area contributed by atoms with E-state index in [0.29, 0.717) is 16.8 Å². The van der Waals surface area contributed by atoms with E-state index in [4.69, 9.17) is 0 Å². The minimum Gasteiger partial charge on any atom is -0.358 e. The summed E-state index contributed by atoms with van der Waals surface area (Å²) in [4.78, 5) is 26.5. The summed E-state index contributed by atoms with van der Waals surface area (Å²) in [7, 11) is 5.65. The Bertz CT molecular complexity index is 914. The number of benzene rings is 2. The summed E-state index contributed by atoms with van der Waals surface area (Å²) in [5, 5.41) is 8.76. The van der Waals surface area contributed by atoms with Crippen molar-refractivity contribution in [2.75, 3.05) is 31.8 Å². The number of nitrogens with zero attached hydrogens (tertiary/aromatic N) is 1. The molecule has 0 spiro atoms. The van der Waals surface area contributed by atoms with Gasteiger partial charge in [0.2, 0.25) is 0 Å². The summed E-state index contributed by atoms with van der Waals surface area (Å²) >= 11 is 0. The van der Waals surface area contributed by atoms with E-state index in [-0.39, 0.29) is 11.8 Å². The zero-order valence-electron chi connectivity index (χ0n) is 16.0. The first kappa shape index (κ1) is 18.7. The molecule has 140 valence electrons. The molecule has 6 nitrogen and oxygen atoms in total. The normalized spacial score (nSPS) is 14.6. The van der Waals surface area contributed by atoms with E-state index < -0.39 is 0 Å². The number of carbonyl (C=O) groups is 2. The molecule has 0 aromatic heterocycles. The van der Waals surface area contributed by atoms with Gasteiger partial charge in [-0.25, -0.2) is 0 Å². The van der Waals surface area contributed by atoms with Gasteiger partial charge in [0.15, 0.2) is 0 Å². The maximum absolute atomic E-state index is 12.5. The van der Waals surface area contributed by atoms with Crippen molar-refractivity contribution in [3.63, 3.8) is 0 Å². The summed E-state index contributed by atoms with van der Waals surface area (Å²) in [6, 6.07) is 13.3. The minimum absolute atomic E-state index is 0.173. The lowest BCUT2D eigenvalue weighted by atomic mass is 10.0. The quantitative estimate of drug-likeness (QED) is 0.714. The first-order valence-corrected chi connectivity index (χ1v) is 8.78. The Morgan fingerprint density at radius 3 is 2.44 bits per heavy atom. The third-order valence-corrected chi connectivity index (χ3v) is 4.41. The van der Waals surface area contributed by atoms with E-state index in [1.165, 1.54) is 5.56 Å². The summed E-state index contributed by atoms with van der Waals surface area (Å²) in [5.74, 6) is -0.355. The number of hydrogen-bond donors (Lipinski definition) is 3. The highest BCUT2D eigenvalue weighted by Crippen LogP contribution is 2.34. The van der Waals surface area contributed by atoms with Crippen LogP contribution in [0.4, 0.5) is 11.4 Å². The predicted octanol–water partition coefficient (Wildman–Crippen LogP) is 2.90. The lowest BCUT2D eigenvalue weighted by Crippen LogP contribution is -2.17. The molecule has 3 N–H and O–H groups in total. The average molecular weight is 364 g/mol. The summed E-state index contributed by atoms with van der Waals surface area (Å²) < 4.78 is 0. The molecule has 0 bridgehead atoms. The Hall–Kier alpha value is -3.12. The van der Waals surface area contributed by atoms with Crippen LogP contribution in [0.2, 0.25) is 0 Å². The Balaban J connectivity index is 1.89. The fourth-order valence-electron chi connectivity index (χ4n) is 3.16. The van der Waals surface area contributed by atoms with Gasteiger partial charge in [-0.2, -0.15) is 0 Å². The number of fused-ring (bicyclic) bond motifs is 1. The van der Waals surface area contributed by atoms with Crippen molar-refractivity contribution in [1.82, 2.24) is 10.2 Å². The molecule has 2 aromatic rings. The monoisotopic (exact) mass is 364 g/mol. The molecular weight excluding hydrogens is 340 g/mol. The zero-order valence-corrected chi connectivity index (χ0v) is 16.0. The van der Waals surface area contributed by atoms with E-state index in [0.717, 1.165) is 23.5 Å². The highest BCUT2D eigenvalue weighted by atomic mass is 16.2. The van der Waals surface area contributed by atoms with Crippen LogP contribution in [0.25, 0.3) is 5.57 Å². The largest absolute Gasteiger partial charge is 0.358 e. The number of amides is 2. The first-order chi connectivity index (χ1) is 12.9. The molecule has 27 heavy (non-hydrogen) atoms. The number of rotatable bonds is 5. The third-order valence-electron chi connectivity index (χ3n) is 4.41. The number of anilines is 2. The van der Waals surface area contributed by atoms with Crippen molar-refractivity contribution in [2.24, 2.45) is 0 Å². The fourth-order valence-corrected chi connectivity index (χ4v) is 3.16. The van der Waals surface area contributed by atoms with Gasteiger partial charge < -0.3 is 20.9 Å². The van der Waals surface area contributed by atoms with Crippen LogP contribution < -0.4 is 16.0 Å². The Kier molecular flexibility index (Phi) is 5.28. The standard InChI is InChI=1S/C21H24N4O2/c1-13(23-16-8-5-14(6-9-16)12-25(3)4)19-17-11-15(20(26)22-2)7-10-18(17)24-21(19)27/h5-11,23H,12H2,1-4H3,(H,22,26)(H,24,27). The maximum atomic E-state index is 12.5. The molecule has 3 rings (SSSR count). The fraction of sp³-hybridized carbons (Fsp3) is 0.238. The SMILES string of the molecule is CNC(=O)c1ccc2c(c1)C(=C(C)Nc1ccc(CN(C)C)cc1)C(=O)N2. The molecule has 1 aliphatic rings. The van der Waals surface area contributed by atoms with Gasteiger partial charge in [0.05, 0.1) is 5.57 Å². The van der Waals surface area contributed by atoms with Crippen molar-refractivity contribution in [2.45, 2.75) is 13.5 Å². The number of nitrogens with one attached hydrogen (secondary N) is 3. The minimum atomic E-state index is -0.182. The highest BCUT2D eigenvalue weighted by Gasteiger charge is 2.27. The smallest absolute Gasteiger partial charge is 0.258 e. The van der Waals surface area contributed by atoms with Gasteiger partial charge in [-0.15, -0.1) is 0 Å². The molecule has 0 unspecified atom stereocenters. The van der Waals surface area contributed by atoms with Crippen LogP contribution >= 0.6 is 0 Å². The molecule has 0 fully saturated rings. The zero-order chi connectivity index (χ0) is 19.6. The van der Waals surface area contributed by atoms with Gasteiger partial charge in [0.25, 0.3) is 11.8 Å². The van der Waals surface area contributed by atoms with E-state index in [1.54, 1.807) is 25.2 Å². The first-order valence-electron chi connectivity index (χ1n) is 8.78. The summed E-state index contributed by atoms with van der Waals surface area (Å²) in [5.41, 5.74) is 5.38. The second kappa shape index (κ2) is 7.63. The van der Waals surface area contributed by atoms with Crippen molar-refractivity contribution in [3.8, 4) is 0 Å². The van der Waals surface area contributed by atoms with Gasteiger partial charge in [-0.1, -0.05) is 12.1 Å². The molecule has 2 aromatic carbocycles. The summed E-state index contributed by atoms with van der Waals surface area (Å²) in [6.07, 6.45) is 0. The Labute approximate surface area is 159 Å². The van der Waals surface area contributed by atoms with Gasteiger partial charge >= 0.3 is 0 Å². The van der Waals surface area contributed by atoms with E-state index in [9.17, 15) is 9.59 Å². The molecule has 0 radical (unpaired) electrons. The van der Waals surface area contributed by atoms with Crippen LogP contribution in [0, 0.1) is 0 Å². The number of hydrogen-bond acceptors (Lipinski definition) is 4. The molecule has 2 amide bonds. The van der Waals surface area contributed by atoms with Gasteiger partial charge in [-0.05, 0) is 56.9 Å². The van der Waals surface area contributed by atoms with E-state index in [2.05, 4.69) is 33.0 Å². The molecule has 1 heterocycles. The van der Waals surface area contributed by atoms with Crippen LogP contribution in [0.3, 0.4) is 0 Å². The molecule has 0 atom stereocenters. The number of allylic oxidation sites excluding steroid dienone is 1. The van der Waals surface area contributed by atoms with E-state index >= 15 is 0 Å². The van der Waals surface area contributed by atoms with Crippen molar-refractivity contribution >= 4 is 28.8 Å². The Morgan fingerprint density at radius 1 is 1.11 bits per heavy atom. The second-order valence-corrected chi connectivity index (χ2v) is 6.85. The van der Waals surface area contributed by atoms with Crippen LogP contribution in [-0.2, 0) is 11.3 Å². The summed E-state index contributed by atoms with van der Waals surface area (Å²) in [6.45, 7) is 2.74. The van der Waals surface area contributed by atoms with Crippen molar-refractivity contribution in [1.29, 1.82) is 0 Å². The van der Waals surface area contributed by atoms with Crippen LogP contribution in [0.15, 0.2) is 48.2 Å². The van der Waals surface area contributed by atoms with Crippen molar-refractivity contribution < 1.29 is 9.59 Å². The van der Waals surface area contributed by atoms with Gasteiger partial charge in [0.1, 0.15) is 0 Å². The van der Waals surface area contributed by atoms with Crippen molar-refractivity contribution in [3.05, 3.63) is 64.9 Å². The molecule has 6 heteroatoms. The van der Waals surface area contributed by atoms with Gasteiger partial charge in [0, 0.05) is 41.8 Å². The topological polar surface area (TPSA) is 73.5 Å². The Morgan fingerprint density at radius 2 is 1.81 bits per heavy atom.